The number of ether oxygens (including phenoxy) is 2. The van der Waals surface area contributed by atoms with Gasteiger partial charge in [-0.1, -0.05) is 11.1 Å². The summed E-state index contributed by atoms with van der Waals surface area (Å²) in [6.07, 6.45) is 0.843. The van der Waals surface area contributed by atoms with Crippen molar-refractivity contribution in [3.8, 4) is 11.5 Å². The Morgan fingerprint density at radius 2 is 1.71 bits per heavy atom. The summed E-state index contributed by atoms with van der Waals surface area (Å²) < 4.78 is 10.4. The lowest BCUT2D eigenvalue weighted by Crippen LogP contribution is -2.36. The molecule has 0 spiro atoms. The maximum Gasteiger partial charge on any atom is 0.307 e. The Morgan fingerprint density at radius 1 is 1.08 bits per heavy atom. The molecule has 130 valence electrons. The average molecular weight is 333 g/mol. The van der Waals surface area contributed by atoms with E-state index in [9.17, 15) is 14.7 Å². The fraction of sp³-hybridized carbons (Fsp3) is 0.444. The lowest BCUT2D eigenvalue weighted by Gasteiger charge is -2.29. The van der Waals surface area contributed by atoms with Gasteiger partial charge >= 0.3 is 5.97 Å². The summed E-state index contributed by atoms with van der Waals surface area (Å²) in [5.41, 5.74) is 2.59. The van der Waals surface area contributed by atoms with Gasteiger partial charge in [0.15, 0.2) is 0 Å². The summed E-state index contributed by atoms with van der Waals surface area (Å²) in [5.74, 6) is -1.51. The third-order valence-corrected chi connectivity index (χ3v) is 4.58. The van der Waals surface area contributed by atoms with E-state index in [1.54, 1.807) is 18.2 Å². The predicted octanol–water partition coefficient (Wildman–Crippen LogP) is 3.09. The van der Waals surface area contributed by atoms with Gasteiger partial charge in [0.05, 0.1) is 31.7 Å². The van der Waals surface area contributed by atoms with Crippen molar-refractivity contribution in [2.24, 2.45) is 11.8 Å². The minimum atomic E-state index is -0.945. The second kappa shape index (κ2) is 7.38. The van der Waals surface area contributed by atoms with E-state index in [2.05, 4.69) is 5.32 Å². The highest BCUT2D eigenvalue weighted by atomic mass is 16.5. The standard InChI is InChI=1S/C18H23NO5/c1-10-7-13(14(18(21)22)8-11(10)2)17(20)19-15-9-12(23-3)5-6-16(15)24-4/h5-6,9,13-14H,7-8H2,1-4H3,(H,19,20)(H,21,22)/t13-,14-/m1/s1. The monoisotopic (exact) mass is 333 g/mol. The summed E-state index contributed by atoms with van der Waals surface area (Å²) in [6, 6.07) is 5.08. The van der Waals surface area contributed by atoms with Crippen LogP contribution in [0.5, 0.6) is 11.5 Å². The maximum atomic E-state index is 12.7. The number of rotatable bonds is 5. The number of hydrogen-bond acceptors (Lipinski definition) is 4. The van der Waals surface area contributed by atoms with Gasteiger partial charge < -0.3 is 19.9 Å². The first-order chi connectivity index (χ1) is 11.4. The van der Waals surface area contributed by atoms with Crippen LogP contribution in [-0.2, 0) is 9.59 Å². The molecule has 24 heavy (non-hydrogen) atoms. The van der Waals surface area contributed by atoms with Gasteiger partial charge in [0.25, 0.3) is 0 Å². The van der Waals surface area contributed by atoms with Gasteiger partial charge in [0, 0.05) is 6.07 Å². The Hall–Kier alpha value is -2.50. The van der Waals surface area contributed by atoms with E-state index in [4.69, 9.17) is 9.47 Å². The Balaban J connectivity index is 2.26. The highest BCUT2D eigenvalue weighted by Gasteiger charge is 2.37. The summed E-state index contributed by atoms with van der Waals surface area (Å²) in [7, 11) is 3.04. The molecule has 0 heterocycles. The van der Waals surface area contributed by atoms with E-state index in [1.165, 1.54) is 14.2 Å². The van der Waals surface area contributed by atoms with E-state index < -0.39 is 17.8 Å². The van der Waals surface area contributed by atoms with Crippen LogP contribution in [-0.4, -0.2) is 31.2 Å². The highest BCUT2D eigenvalue weighted by Crippen LogP contribution is 2.36. The SMILES string of the molecule is COc1ccc(OC)c(NC(=O)[C@@H]2CC(C)=C(C)C[C@H]2C(=O)O)c1. The molecule has 0 bridgehead atoms. The first kappa shape index (κ1) is 17.8. The number of anilines is 1. The minimum Gasteiger partial charge on any atom is -0.497 e. The van der Waals surface area contributed by atoms with Gasteiger partial charge in [-0.15, -0.1) is 0 Å². The van der Waals surface area contributed by atoms with Crippen molar-refractivity contribution in [1.82, 2.24) is 0 Å². The molecule has 0 unspecified atom stereocenters. The minimum absolute atomic E-state index is 0.319. The molecule has 1 aliphatic carbocycles. The van der Waals surface area contributed by atoms with E-state index in [0.29, 0.717) is 30.0 Å². The van der Waals surface area contributed by atoms with Crippen LogP contribution < -0.4 is 14.8 Å². The number of carbonyl (C=O) groups is 2. The second-order valence-electron chi connectivity index (χ2n) is 6.08. The number of carboxylic acid groups (broad SMARTS) is 1. The van der Waals surface area contributed by atoms with Gasteiger partial charge in [-0.3, -0.25) is 9.59 Å². The zero-order valence-corrected chi connectivity index (χ0v) is 14.4. The Morgan fingerprint density at radius 3 is 2.25 bits per heavy atom. The van der Waals surface area contributed by atoms with Crippen LogP contribution in [0.3, 0.4) is 0 Å². The second-order valence-corrected chi connectivity index (χ2v) is 6.08. The summed E-state index contributed by atoms with van der Waals surface area (Å²) in [5, 5.41) is 12.3. The Labute approximate surface area is 141 Å². The van der Waals surface area contributed by atoms with Crippen molar-refractivity contribution in [2.45, 2.75) is 26.7 Å². The summed E-state index contributed by atoms with van der Waals surface area (Å²) >= 11 is 0. The number of allylic oxidation sites excluding steroid dienone is 2. The largest absolute Gasteiger partial charge is 0.497 e. The lowest BCUT2D eigenvalue weighted by atomic mass is 9.76. The van der Waals surface area contributed by atoms with Crippen LogP contribution in [0.25, 0.3) is 0 Å². The molecule has 1 aromatic carbocycles. The quantitative estimate of drug-likeness (QED) is 0.809. The van der Waals surface area contributed by atoms with Gasteiger partial charge in [0.1, 0.15) is 11.5 Å². The molecule has 0 fully saturated rings. The molecule has 0 aromatic heterocycles. The van der Waals surface area contributed by atoms with E-state index in [-0.39, 0.29) is 5.91 Å². The Kier molecular flexibility index (Phi) is 5.49. The number of benzene rings is 1. The molecule has 1 amide bonds. The number of aliphatic carboxylic acids is 1. The predicted molar refractivity (Wildman–Crippen MR) is 90.4 cm³/mol. The molecule has 1 aromatic rings. The van der Waals surface area contributed by atoms with E-state index in [0.717, 1.165) is 11.1 Å². The smallest absolute Gasteiger partial charge is 0.307 e. The van der Waals surface area contributed by atoms with Crippen LogP contribution in [0, 0.1) is 11.8 Å². The molecule has 6 heteroatoms. The number of methoxy groups -OCH3 is 2. The van der Waals surface area contributed by atoms with Crippen molar-refractivity contribution in [3.05, 3.63) is 29.3 Å². The van der Waals surface area contributed by atoms with Crippen molar-refractivity contribution in [2.75, 3.05) is 19.5 Å². The summed E-state index contributed by atoms with van der Waals surface area (Å²) in [6.45, 7) is 3.87. The van der Waals surface area contributed by atoms with Crippen LogP contribution in [0.2, 0.25) is 0 Å². The number of carboxylic acids is 1. The van der Waals surface area contributed by atoms with Gasteiger partial charge in [0.2, 0.25) is 5.91 Å². The van der Waals surface area contributed by atoms with Crippen molar-refractivity contribution < 1.29 is 24.2 Å². The van der Waals surface area contributed by atoms with E-state index >= 15 is 0 Å². The molecule has 2 rings (SSSR count). The molecular weight excluding hydrogens is 310 g/mol. The van der Waals surface area contributed by atoms with Gasteiger partial charge in [-0.2, -0.15) is 0 Å². The number of hydrogen-bond donors (Lipinski definition) is 2. The summed E-state index contributed by atoms with van der Waals surface area (Å²) in [4.78, 5) is 24.3. The molecule has 0 radical (unpaired) electrons. The molecule has 0 saturated heterocycles. The van der Waals surface area contributed by atoms with E-state index in [1.807, 2.05) is 13.8 Å². The third-order valence-electron chi connectivity index (χ3n) is 4.58. The normalized spacial score (nSPS) is 20.5. The Bertz CT molecular complexity index is 680. The van der Waals surface area contributed by atoms with Crippen molar-refractivity contribution >= 4 is 17.6 Å². The number of amides is 1. The zero-order valence-electron chi connectivity index (χ0n) is 14.4. The molecule has 0 aliphatic heterocycles. The topological polar surface area (TPSA) is 84.9 Å². The molecular formula is C18H23NO5. The van der Waals surface area contributed by atoms with Gasteiger partial charge in [-0.05, 0) is 38.8 Å². The molecule has 6 nitrogen and oxygen atoms in total. The molecule has 2 N–H and O–H groups in total. The maximum absolute atomic E-state index is 12.7. The van der Waals surface area contributed by atoms with Crippen LogP contribution in [0.4, 0.5) is 5.69 Å². The first-order valence-corrected chi connectivity index (χ1v) is 7.78. The fourth-order valence-corrected chi connectivity index (χ4v) is 2.96. The van der Waals surface area contributed by atoms with Crippen molar-refractivity contribution in [3.63, 3.8) is 0 Å². The highest BCUT2D eigenvalue weighted by molar-refractivity contribution is 5.97. The lowest BCUT2D eigenvalue weighted by molar-refractivity contribution is -0.146. The molecule has 0 saturated carbocycles. The average Bonchev–Trinajstić information content (AvgIpc) is 2.56. The zero-order chi connectivity index (χ0) is 17.9. The number of carbonyl (C=O) groups excluding carboxylic acids is 1. The van der Waals surface area contributed by atoms with Gasteiger partial charge in [-0.25, -0.2) is 0 Å². The molecule has 2 atom stereocenters. The van der Waals surface area contributed by atoms with Crippen LogP contribution in [0.1, 0.15) is 26.7 Å². The van der Waals surface area contributed by atoms with Crippen molar-refractivity contribution in [1.29, 1.82) is 0 Å². The third kappa shape index (κ3) is 3.69. The first-order valence-electron chi connectivity index (χ1n) is 7.78. The number of nitrogens with one attached hydrogen (secondary N) is 1. The fourth-order valence-electron chi connectivity index (χ4n) is 2.96. The van der Waals surface area contributed by atoms with Crippen LogP contribution in [0.15, 0.2) is 29.3 Å². The molecule has 1 aliphatic rings. The van der Waals surface area contributed by atoms with Crippen LogP contribution >= 0.6 is 0 Å².